The fraction of sp³-hybridized carbons (Fsp3) is 0.372. The van der Waals surface area contributed by atoms with Gasteiger partial charge in [0.15, 0.2) is 0 Å². The van der Waals surface area contributed by atoms with Crippen LogP contribution < -0.4 is 5.19 Å². The molecule has 7 rings (SSSR count). The summed E-state index contributed by atoms with van der Waals surface area (Å²) in [5.74, 6) is 0.739. The quantitative estimate of drug-likeness (QED) is 0.128. The van der Waals surface area contributed by atoms with E-state index in [1.807, 2.05) is 43.5 Å². The van der Waals surface area contributed by atoms with Crippen LogP contribution in [0.1, 0.15) is 81.2 Å². The molecule has 1 radical (unpaired) electrons. The summed E-state index contributed by atoms with van der Waals surface area (Å²) in [4.78, 5) is 13.8. The minimum Gasteiger partial charge on any atom is -0.486 e. The molecule has 2 aromatic carbocycles. The van der Waals surface area contributed by atoms with Crippen molar-refractivity contribution in [3.63, 3.8) is 0 Å². The summed E-state index contributed by atoms with van der Waals surface area (Å²) in [5.41, 5.74) is 10.8. The van der Waals surface area contributed by atoms with Crippen LogP contribution in [-0.2, 0) is 26.5 Å². The summed E-state index contributed by atoms with van der Waals surface area (Å²) in [6, 6.07) is 27.9. The average molecular weight is 844 g/mol. The van der Waals surface area contributed by atoms with Crippen LogP contribution in [0.4, 0.5) is 0 Å². The van der Waals surface area contributed by atoms with E-state index in [0.29, 0.717) is 5.71 Å². The van der Waals surface area contributed by atoms with Gasteiger partial charge < -0.3 is 14.4 Å². The van der Waals surface area contributed by atoms with Crippen molar-refractivity contribution in [1.29, 1.82) is 0 Å². The van der Waals surface area contributed by atoms with E-state index in [1.165, 1.54) is 48.4 Å². The van der Waals surface area contributed by atoms with Crippen molar-refractivity contribution >= 4 is 35.3 Å². The van der Waals surface area contributed by atoms with Crippen LogP contribution in [0.2, 0.25) is 19.6 Å². The Morgan fingerprint density at radius 3 is 2.31 bits per heavy atom. The fourth-order valence-corrected chi connectivity index (χ4v) is 8.48. The smallest absolute Gasteiger partial charge is 0.216 e. The first-order valence-electron chi connectivity index (χ1n) is 17.5. The number of aryl methyl sites for hydroxylation is 2. The molecule has 257 valence electrons. The maximum absolute atomic E-state index is 5.98. The van der Waals surface area contributed by atoms with Gasteiger partial charge in [0, 0.05) is 43.6 Å². The van der Waals surface area contributed by atoms with Crippen LogP contribution >= 0.6 is 0 Å². The molecule has 6 heteroatoms. The molecule has 0 unspecified atom stereocenters. The number of rotatable bonds is 5. The van der Waals surface area contributed by atoms with Crippen LogP contribution in [0, 0.1) is 31.4 Å². The molecule has 0 aliphatic heterocycles. The number of hydrogen-bond acceptors (Lipinski definition) is 4. The van der Waals surface area contributed by atoms with E-state index in [2.05, 4.69) is 106 Å². The molecule has 4 aromatic heterocycles. The van der Waals surface area contributed by atoms with Gasteiger partial charge in [0.25, 0.3) is 0 Å². The van der Waals surface area contributed by atoms with Gasteiger partial charge in [-0.3, -0.25) is 0 Å². The van der Waals surface area contributed by atoms with Crippen LogP contribution in [0.25, 0.3) is 44.6 Å². The van der Waals surface area contributed by atoms with Crippen molar-refractivity contribution < 1.29 is 24.5 Å². The molecule has 0 amide bonds. The van der Waals surface area contributed by atoms with Crippen molar-refractivity contribution in [2.24, 2.45) is 5.41 Å². The van der Waals surface area contributed by atoms with Gasteiger partial charge >= 0.3 is 0 Å². The van der Waals surface area contributed by atoms with Gasteiger partial charge in [0.1, 0.15) is 0 Å². The van der Waals surface area contributed by atoms with E-state index >= 15 is 0 Å². The Morgan fingerprint density at radius 2 is 1.63 bits per heavy atom. The van der Waals surface area contributed by atoms with Crippen LogP contribution in [0.5, 0.6) is 0 Å². The Balaban J connectivity index is 0.000000192. The number of benzene rings is 2. The second-order valence-corrected chi connectivity index (χ2v) is 20.8. The monoisotopic (exact) mass is 844 g/mol. The molecule has 6 aromatic rings. The molecule has 1 aliphatic carbocycles. The van der Waals surface area contributed by atoms with E-state index in [-0.39, 0.29) is 25.5 Å². The predicted molar refractivity (Wildman–Crippen MR) is 204 cm³/mol. The van der Waals surface area contributed by atoms with Crippen molar-refractivity contribution in [1.82, 2.24) is 15.0 Å². The zero-order valence-electron chi connectivity index (χ0n) is 30.3. The third-order valence-electron chi connectivity index (χ3n) is 9.32. The number of aromatic nitrogens is 3. The summed E-state index contributed by atoms with van der Waals surface area (Å²) >= 11 is 0. The average Bonchev–Trinajstić information content (AvgIpc) is 3.42. The largest absolute Gasteiger partial charge is 0.486 e. The molecular formula is C43H49IrN3OSi-2. The molecule has 0 atom stereocenters. The van der Waals surface area contributed by atoms with Crippen molar-refractivity contribution in [2.75, 3.05) is 0 Å². The number of nitrogens with zero attached hydrogens (tertiary/aromatic N) is 3. The van der Waals surface area contributed by atoms with Gasteiger partial charge in [-0.05, 0) is 60.5 Å². The molecule has 4 heterocycles. The molecule has 4 nitrogen and oxygen atoms in total. The molecular weight excluding hydrogens is 795 g/mol. The van der Waals surface area contributed by atoms with Gasteiger partial charge in [0.2, 0.25) is 5.71 Å². The number of hydrogen-bond donors (Lipinski definition) is 0. The third-order valence-corrected chi connectivity index (χ3v) is 11.4. The molecule has 1 saturated carbocycles. The first-order chi connectivity index (χ1) is 22.9. The van der Waals surface area contributed by atoms with Gasteiger partial charge in [-0.2, -0.15) is 0 Å². The summed E-state index contributed by atoms with van der Waals surface area (Å²) in [7, 11) is -1.41. The number of fused-ring (bicyclic) bond motifs is 3. The Bertz CT molecular complexity index is 2030. The third kappa shape index (κ3) is 8.84. The summed E-state index contributed by atoms with van der Waals surface area (Å²) in [6.07, 6.45) is 11.9. The van der Waals surface area contributed by atoms with Gasteiger partial charge in [-0.1, -0.05) is 113 Å². The number of pyridine rings is 3. The standard InChI is InChI=1S/C25H36NSi.C18H13N2O.Ir/c1-25(2,3)17-22-16-23(26-18-24(22)27(4,5)6)21-14-12-20(13-15-21)19-10-8-7-9-11-19;1-11-8-9-19-16(10-11)15-5-3-4-13-14-7-6-12(2)20-18(14)21-17(13)15;/h12-14,16,18-19H,7-11,17H2,1-6H3;3-4,6-10H,1-2H3;/q2*-1;. The van der Waals surface area contributed by atoms with E-state index < -0.39 is 8.07 Å². The van der Waals surface area contributed by atoms with Gasteiger partial charge in [-0.25, -0.2) is 4.98 Å². The topological polar surface area (TPSA) is 51.8 Å². The van der Waals surface area contributed by atoms with Gasteiger partial charge in [0.05, 0.1) is 13.7 Å². The van der Waals surface area contributed by atoms with Crippen molar-refractivity contribution in [3.8, 4) is 22.5 Å². The molecule has 1 fully saturated rings. The Kier molecular flexibility index (Phi) is 11.4. The predicted octanol–water partition coefficient (Wildman–Crippen LogP) is 11.2. The second-order valence-electron chi connectivity index (χ2n) is 15.8. The normalized spacial score (nSPS) is 14.0. The van der Waals surface area contributed by atoms with E-state index in [4.69, 9.17) is 9.40 Å². The summed E-state index contributed by atoms with van der Waals surface area (Å²) in [5, 5.41) is 3.58. The Morgan fingerprint density at radius 1 is 0.857 bits per heavy atom. The first kappa shape index (κ1) is 36.8. The maximum atomic E-state index is 5.98. The minimum absolute atomic E-state index is 0. The van der Waals surface area contributed by atoms with Crippen LogP contribution in [0.3, 0.4) is 0 Å². The number of furan rings is 1. The molecule has 0 N–H and O–H groups in total. The Hall–Kier alpha value is -3.44. The van der Waals surface area contributed by atoms with Crippen LogP contribution in [-0.4, -0.2) is 23.0 Å². The van der Waals surface area contributed by atoms with Crippen LogP contribution in [0.15, 0.2) is 77.5 Å². The Labute approximate surface area is 307 Å². The SMILES string of the molecule is CC(C)(C)Cc1cc(-c2[c-]cc(C3CCCCC3)cc2)ncc1[Si](C)(C)C.Cc1ccnc(-c2[c-]ccc3c2oc2nc(C)ccc23)c1.[Ir]. The fourth-order valence-electron chi connectivity index (χ4n) is 6.90. The minimum atomic E-state index is -1.41. The zero-order chi connectivity index (χ0) is 34.1. The van der Waals surface area contributed by atoms with Crippen molar-refractivity contribution in [3.05, 3.63) is 108 Å². The van der Waals surface area contributed by atoms with E-state index in [1.54, 1.807) is 0 Å². The summed E-state index contributed by atoms with van der Waals surface area (Å²) in [6.45, 7) is 18.2. The zero-order valence-corrected chi connectivity index (χ0v) is 33.7. The molecule has 0 bridgehead atoms. The molecule has 1 aliphatic rings. The maximum Gasteiger partial charge on any atom is 0.216 e. The second kappa shape index (κ2) is 15.2. The van der Waals surface area contributed by atoms with E-state index in [9.17, 15) is 0 Å². The molecule has 0 saturated heterocycles. The van der Waals surface area contributed by atoms with Gasteiger partial charge in [-0.15, -0.1) is 53.6 Å². The van der Waals surface area contributed by atoms with Crippen molar-refractivity contribution in [2.45, 2.75) is 98.7 Å². The molecule has 0 spiro atoms. The first-order valence-corrected chi connectivity index (χ1v) is 21.0. The summed E-state index contributed by atoms with van der Waals surface area (Å²) < 4.78 is 5.98. The molecule has 49 heavy (non-hydrogen) atoms. The van der Waals surface area contributed by atoms with E-state index in [0.717, 1.165) is 62.5 Å².